The van der Waals surface area contributed by atoms with Gasteiger partial charge in [-0.1, -0.05) is 0 Å². The molecular weight excluding hydrogens is 292 g/mol. The van der Waals surface area contributed by atoms with Crippen LogP contribution in [0.2, 0.25) is 0 Å². The summed E-state index contributed by atoms with van der Waals surface area (Å²) in [7, 11) is 0. The van der Waals surface area contributed by atoms with E-state index in [9.17, 15) is 9.59 Å². The third-order valence-corrected chi connectivity index (χ3v) is 5.91. The number of amides is 2. The van der Waals surface area contributed by atoms with Gasteiger partial charge in [-0.15, -0.1) is 0 Å². The summed E-state index contributed by atoms with van der Waals surface area (Å²) in [6.07, 6.45) is 8.84. The molecule has 23 heavy (non-hydrogen) atoms. The molecule has 5 heteroatoms. The fraction of sp³-hybridized carbons (Fsp3) is 0.667. The molecule has 124 valence electrons. The molecule has 5 nitrogen and oxygen atoms in total. The first kappa shape index (κ1) is 14.8. The number of hydrogen-bond donors (Lipinski definition) is 2. The lowest BCUT2D eigenvalue weighted by molar-refractivity contribution is -0.128. The Morgan fingerprint density at radius 3 is 2.30 bits per heavy atom. The predicted octanol–water partition coefficient (Wildman–Crippen LogP) is 2.48. The molecule has 0 aromatic carbocycles. The quantitative estimate of drug-likeness (QED) is 0.896. The zero-order chi connectivity index (χ0) is 16.0. The van der Waals surface area contributed by atoms with Gasteiger partial charge in [0.25, 0.3) is 5.91 Å². The molecule has 1 aromatic heterocycles. The van der Waals surface area contributed by atoms with Gasteiger partial charge in [-0.05, 0) is 75.3 Å². The lowest BCUT2D eigenvalue weighted by Crippen LogP contribution is -2.62. The van der Waals surface area contributed by atoms with Crippen LogP contribution in [0.15, 0.2) is 22.8 Å². The first-order valence-corrected chi connectivity index (χ1v) is 8.69. The highest BCUT2D eigenvalue weighted by Crippen LogP contribution is 2.55. The summed E-state index contributed by atoms with van der Waals surface area (Å²) in [5.74, 6) is 2.17. The van der Waals surface area contributed by atoms with Gasteiger partial charge in [-0.2, -0.15) is 0 Å². The summed E-state index contributed by atoms with van der Waals surface area (Å²) in [6, 6.07) is 2.70. The van der Waals surface area contributed by atoms with Crippen molar-refractivity contribution >= 4 is 11.8 Å². The molecule has 1 atom stereocenters. The van der Waals surface area contributed by atoms with E-state index in [1.165, 1.54) is 25.5 Å². The minimum absolute atomic E-state index is 0.0184. The fourth-order valence-corrected chi connectivity index (χ4v) is 5.37. The molecule has 0 spiro atoms. The van der Waals surface area contributed by atoms with Gasteiger partial charge < -0.3 is 15.1 Å². The van der Waals surface area contributed by atoms with Gasteiger partial charge in [0.2, 0.25) is 5.91 Å². The third kappa shape index (κ3) is 2.77. The Balaban J connectivity index is 1.39. The zero-order valence-corrected chi connectivity index (χ0v) is 13.5. The van der Waals surface area contributed by atoms with Crippen molar-refractivity contribution in [3.8, 4) is 0 Å². The maximum absolute atomic E-state index is 12.6. The van der Waals surface area contributed by atoms with Crippen molar-refractivity contribution in [2.75, 3.05) is 0 Å². The second kappa shape index (κ2) is 5.39. The van der Waals surface area contributed by atoms with Gasteiger partial charge in [-0.25, -0.2) is 0 Å². The topological polar surface area (TPSA) is 71.3 Å². The van der Waals surface area contributed by atoms with E-state index in [4.69, 9.17) is 4.42 Å². The van der Waals surface area contributed by atoms with Crippen LogP contribution in [0.3, 0.4) is 0 Å². The van der Waals surface area contributed by atoms with Crippen molar-refractivity contribution in [3.05, 3.63) is 24.2 Å². The van der Waals surface area contributed by atoms with Crippen molar-refractivity contribution in [1.29, 1.82) is 0 Å². The van der Waals surface area contributed by atoms with Crippen LogP contribution in [0.1, 0.15) is 56.0 Å². The highest BCUT2D eigenvalue weighted by molar-refractivity contribution is 5.95. The van der Waals surface area contributed by atoms with E-state index in [1.807, 2.05) is 0 Å². The van der Waals surface area contributed by atoms with Crippen LogP contribution in [0.5, 0.6) is 0 Å². The number of hydrogen-bond acceptors (Lipinski definition) is 3. The Bertz CT molecular complexity index is 573. The van der Waals surface area contributed by atoms with Gasteiger partial charge in [-0.3, -0.25) is 9.59 Å². The molecule has 4 aliphatic carbocycles. The summed E-state index contributed by atoms with van der Waals surface area (Å²) in [4.78, 5) is 24.6. The molecule has 0 unspecified atom stereocenters. The zero-order valence-electron chi connectivity index (χ0n) is 13.5. The van der Waals surface area contributed by atoms with Crippen LogP contribution in [0.4, 0.5) is 0 Å². The van der Waals surface area contributed by atoms with Crippen molar-refractivity contribution in [2.45, 2.75) is 57.0 Å². The summed E-state index contributed by atoms with van der Waals surface area (Å²) < 4.78 is 5.07. The van der Waals surface area contributed by atoms with Gasteiger partial charge in [0, 0.05) is 5.54 Å². The Morgan fingerprint density at radius 1 is 1.17 bits per heavy atom. The standard InChI is InChI=1S/C18H24N2O3/c1-11(19-17(22)15-3-2-4-23-15)16(21)20-18-8-12-5-13(9-18)7-14(6-12)10-18/h2-4,11-14H,5-10H2,1H3,(H,19,22)(H,20,21)/t11-,12?,13?,14?,18?/m0/s1. The largest absolute Gasteiger partial charge is 0.459 e. The minimum Gasteiger partial charge on any atom is -0.459 e. The summed E-state index contributed by atoms with van der Waals surface area (Å²) in [5, 5.41) is 6.01. The van der Waals surface area contributed by atoms with Crippen LogP contribution in [-0.2, 0) is 4.79 Å². The van der Waals surface area contributed by atoms with E-state index in [0.29, 0.717) is 0 Å². The smallest absolute Gasteiger partial charge is 0.287 e. The number of nitrogens with one attached hydrogen (secondary N) is 2. The average molecular weight is 316 g/mol. The predicted molar refractivity (Wildman–Crippen MR) is 84.7 cm³/mol. The Morgan fingerprint density at radius 2 is 1.78 bits per heavy atom. The van der Waals surface area contributed by atoms with E-state index in [2.05, 4.69) is 10.6 Å². The number of carbonyl (C=O) groups is 2. The normalized spacial score (nSPS) is 35.8. The van der Waals surface area contributed by atoms with Crippen molar-refractivity contribution in [1.82, 2.24) is 10.6 Å². The van der Waals surface area contributed by atoms with Crippen molar-refractivity contribution < 1.29 is 14.0 Å². The van der Waals surface area contributed by atoms with Gasteiger partial charge in [0.1, 0.15) is 6.04 Å². The number of furan rings is 1. The van der Waals surface area contributed by atoms with Gasteiger partial charge in [0.05, 0.1) is 6.26 Å². The highest BCUT2D eigenvalue weighted by atomic mass is 16.3. The van der Waals surface area contributed by atoms with E-state index in [-0.39, 0.29) is 23.1 Å². The molecule has 0 saturated heterocycles. The maximum atomic E-state index is 12.6. The second-order valence-electron chi connectivity index (χ2n) is 7.86. The molecule has 4 saturated carbocycles. The highest BCUT2D eigenvalue weighted by Gasteiger charge is 2.51. The van der Waals surface area contributed by atoms with Crippen molar-refractivity contribution in [3.63, 3.8) is 0 Å². The van der Waals surface area contributed by atoms with Crippen LogP contribution in [-0.4, -0.2) is 23.4 Å². The summed E-state index contributed by atoms with van der Waals surface area (Å²) >= 11 is 0. The maximum Gasteiger partial charge on any atom is 0.287 e. The Kier molecular flexibility index (Phi) is 3.47. The number of rotatable bonds is 4. The van der Waals surface area contributed by atoms with Gasteiger partial charge in [0.15, 0.2) is 5.76 Å². The molecule has 4 fully saturated rings. The minimum atomic E-state index is -0.555. The van der Waals surface area contributed by atoms with E-state index >= 15 is 0 Å². The fourth-order valence-electron chi connectivity index (χ4n) is 5.37. The molecule has 0 aliphatic heterocycles. The molecule has 5 rings (SSSR count). The van der Waals surface area contributed by atoms with Crippen LogP contribution < -0.4 is 10.6 Å². The lowest BCUT2D eigenvalue weighted by atomic mass is 9.53. The van der Waals surface area contributed by atoms with Gasteiger partial charge >= 0.3 is 0 Å². The molecule has 2 amide bonds. The Labute approximate surface area is 136 Å². The van der Waals surface area contributed by atoms with E-state index < -0.39 is 6.04 Å². The SMILES string of the molecule is C[C@H](NC(=O)c1ccco1)C(=O)NC12CC3CC(CC(C3)C1)C2. The van der Waals surface area contributed by atoms with Crippen molar-refractivity contribution in [2.24, 2.45) is 17.8 Å². The van der Waals surface area contributed by atoms with Crippen LogP contribution >= 0.6 is 0 Å². The molecule has 4 aliphatic rings. The summed E-state index contributed by atoms with van der Waals surface area (Å²) in [5.41, 5.74) is -0.0184. The first-order chi connectivity index (χ1) is 11.0. The second-order valence-corrected chi connectivity index (χ2v) is 7.86. The Hall–Kier alpha value is -1.78. The molecule has 0 radical (unpaired) electrons. The third-order valence-electron chi connectivity index (χ3n) is 5.91. The number of carbonyl (C=O) groups excluding carboxylic acids is 2. The lowest BCUT2D eigenvalue weighted by Gasteiger charge is -2.57. The van der Waals surface area contributed by atoms with Crippen LogP contribution in [0, 0.1) is 17.8 Å². The molecule has 4 bridgehead atoms. The molecule has 1 heterocycles. The van der Waals surface area contributed by atoms with Crippen LogP contribution in [0.25, 0.3) is 0 Å². The summed E-state index contributed by atoms with van der Waals surface area (Å²) in [6.45, 7) is 1.73. The first-order valence-electron chi connectivity index (χ1n) is 8.69. The molecular formula is C18H24N2O3. The van der Waals surface area contributed by atoms with E-state index in [0.717, 1.165) is 37.0 Å². The average Bonchev–Trinajstić information content (AvgIpc) is 2.99. The van der Waals surface area contributed by atoms with E-state index in [1.54, 1.807) is 19.1 Å². The molecule has 2 N–H and O–H groups in total. The molecule has 1 aromatic rings. The monoisotopic (exact) mass is 316 g/mol.